The maximum absolute atomic E-state index is 10.4. The Balaban J connectivity index is 4.41. The van der Waals surface area contributed by atoms with E-state index in [2.05, 4.69) is 6.58 Å². The molecule has 0 bridgehead atoms. The third-order valence-electron chi connectivity index (χ3n) is 0.939. The molecule has 0 saturated carbocycles. The van der Waals surface area contributed by atoms with Crippen LogP contribution in [0, 0.1) is 0 Å². The molecule has 12 heavy (non-hydrogen) atoms. The molecule has 3 nitrogen and oxygen atoms in total. The Kier molecular flexibility index (Phi) is 4.23. The molecular weight excluding hydrogens is 200 g/mol. The van der Waals surface area contributed by atoms with E-state index in [1.165, 1.54) is 12.2 Å². The molecule has 0 aliphatic heterocycles. The van der Waals surface area contributed by atoms with E-state index >= 15 is 0 Å². The molecule has 0 rings (SSSR count). The Morgan fingerprint density at radius 2 is 2.08 bits per heavy atom. The van der Waals surface area contributed by atoms with Gasteiger partial charge in [0.15, 0.2) is 0 Å². The lowest BCUT2D eigenvalue weighted by Gasteiger charge is -1.90. The molecule has 0 aromatic rings. The second-order valence-electron chi connectivity index (χ2n) is 2.05. The van der Waals surface area contributed by atoms with Gasteiger partial charge in [-0.2, -0.15) is 8.42 Å². The van der Waals surface area contributed by atoms with Crippen LogP contribution in [0.25, 0.3) is 0 Å². The molecule has 0 aromatic carbocycles. The fraction of sp³-hybridized carbons (Fsp3) is 0.143. The minimum Gasteiger partial charge on any atom is -0.282 e. The molecule has 0 saturated heterocycles. The predicted octanol–water partition coefficient (Wildman–Crippen LogP) is 2.09. The topological polar surface area (TPSA) is 54.4 Å². The summed E-state index contributed by atoms with van der Waals surface area (Å²) in [5.74, 6) is 0. The number of hydrogen-bond donors (Lipinski definition) is 1. The first-order valence-corrected chi connectivity index (χ1v) is 4.82. The van der Waals surface area contributed by atoms with Crippen molar-refractivity contribution in [3.05, 3.63) is 34.7 Å². The monoisotopic (exact) mass is 208 g/mol. The van der Waals surface area contributed by atoms with Crippen LogP contribution in [0.3, 0.4) is 0 Å². The maximum atomic E-state index is 10.4. The van der Waals surface area contributed by atoms with Crippen molar-refractivity contribution in [2.24, 2.45) is 0 Å². The van der Waals surface area contributed by atoms with Gasteiger partial charge in [0.2, 0.25) is 0 Å². The third kappa shape index (κ3) is 5.12. The van der Waals surface area contributed by atoms with E-state index in [0.717, 1.165) is 6.08 Å². The third-order valence-corrected chi connectivity index (χ3v) is 1.86. The van der Waals surface area contributed by atoms with Crippen LogP contribution in [0.1, 0.15) is 6.92 Å². The number of hydrogen-bond acceptors (Lipinski definition) is 2. The van der Waals surface area contributed by atoms with Gasteiger partial charge in [0.1, 0.15) is 0 Å². The van der Waals surface area contributed by atoms with Gasteiger partial charge in [-0.3, -0.25) is 4.55 Å². The molecule has 0 amide bonds. The predicted molar refractivity (Wildman–Crippen MR) is 49.4 cm³/mol. The highest BCUT2D eigenvalue weighted by atomic mass is 35.5. The van der Waals surface area contributed by atoms with Gasteiger partial charge in [-0.05, 0) is 19.1 Å². The van der Waals surface area contributed by atoms with E-state index in [0.29, 0.717) is 5.03 Å². The van der Waals surface area contributed by atoms with Crippen LogP contribution >= 0.6 is 11.6 Å². The minimum atomic E-state index is -4.15. The molecule has 0 atom stereocenters. The normalized spacial score (nSPS) is 13.8. The Morgan fingerprint density at radius 1 is 1.58 bits per heavy atom. The van der Waals surface area contributed by atoms with Crippen LogP contribution in [0.5, 0.6) is 0 Å². The molecule has 0 radical (unpaired) electrons. The van der Waals surface area contributed by atoms with Crippen molar-refractivity contribution >= 4 is 21.7 Å². The molecular formula is C7H9ClO3S. The molecule has 0 aromatic heterocycles. The van der Waals surface area contributed by atoms with Crippen LogP contribution in [-0.4, -0.2) is 13.0 Å². The molecule has 0 unspecified atom stereocenters. The molecule has 68 valence electrons. The number of halogens is 1. The van der Waals surface area contributed by atoms with E-state index in [1.54, 1.807) is 6.92 Å². The van der Waals surface area contributed by atoms with Crippen LogP contribution in [-0.2, 0) is 10.1 Å². The van der Waals surface area contributed by atoms with E-state index in [9.17, 15) is 8.42 Å². The van der Waals surface area contributed by atoms with Crippen LogP contribution in [0.4, 0.5) is 0 Å². The van der Waals surface area contributed by atoms with Crippen molar-refractivity contribution in [1.29, 1.82) is 0 Å². The van der Waals surface area contributed by atoms with Gasteiger partial charge in [-0.15, -0.1) is 0 Å². The van der Waals surface area contributed by atoms with E-state index in [-0.39, 0.29) is 4.91 Å². The fourth-order valence-electron chi connectivity index (χ4n) is 0.374. The molecule has 0 aliphatic rings. The summed E-state index contributed by atoms with van der Waals surface area (Å²) in [4.78, 5) is -0.364. The van der Waals surface area contributed by atoms with E-state index in [4.69, 9.17) is 16.2 Å². The van der Waals surface area contributed by atoms with Crippen molar-refractivity contribution in [2.75, 3.05) is 0 Å². The Morgan fingerprint density at radius 3 is 2.42 bits per heavy atom. The van der Waals surface area contributed by atoms with Gasteiger partial charge in [0.25, 0.3) is 10.1 Å². The summed E-state index contributed by atoms with van der Waals surface area (Å²) in [6.45, 7) is 4.77. The Bertz CT molecular complexity index is 321. The number of allylic oxidation sites excluding steroid dienone is 4. The largest absolute Gasteiger partial charge is 0.293 e. The zero-order chi connectivity index (χ0) is 9.78. The molecule has 5 heteroatoms. The average Bonchev–Trinajstić information content (AvgIpc) is 1.84. The second kappa shape index (κ2) is 4.45. The zero-order valence-corrected chi connectivity index (χ0v) is 8.06. The maximum Gasteiger partial charge on any atom is 0.293 e. The zero-order valence-electron chi connectivity index (χ0n) is 6.49. The second-order valence-corrected chi connectivity index (χ2v) is 4.12. The van der Waals surface area contributed by atoms with Crippen molar-refractivity contribution in [3.63, 3.8) is 0 Å². The van der Waals surface area contributed by atoms with Crippen LogP contribution in [0.15, 0.2) is 34.7 Å². The van der Waals surface area contributed by atoms with Crippen molar-refractivity contribution < 1.29 is 13.0 Å². The lowest BCUT2D eigenvalue weighted by atomic mass is 10.4. The SMILES string of the molecule is C=C(/C=C\C=C(/C)Cl)S(=O)(=O)O. The van der Waals surface area contributed by atoms with E-state index < -0.39 is 10.1 Å². The van der Waals surface area contributed by atoms with Gasteiger partial charge in [-0.1, -0.05) is 24.3 Å². The summed E-state index contributed by atoms with van der Waals surface area (Å²) < 4.78 is 29.1. The highest BCUT2D eigenvalue weighted by Gasteiger charge is 2.05. The Hall–Kier alpha value is -0.580. The summed E-state index contributed by atoms with van der Waals surface area (Å²) >= 11 is 5.44. The molecule has 0 spiro atoms. The summed E-state index contributed by atoms with van der Waals surface area (Å²) in [6, 6.07) is 0. The smallest absolute Gasteiger partial charge is 0.282 e. The quantitative estimate of drug-likeness (QED) is 0.571. The van der Waals surface area contributed by atoms with Crippen LogP contribution < -0.4 is 0 Å². The van der Waals surface area contributed by atoms with Crippen molar-refractivity contribution in [3.8, 4) is 0 Å². The van der Waals surface area contributed by atoms with Gasteiger partial charge < -0.3 is 0 Å². The van der Waals surface area contributed by atoms with Gasteiger partial charge in [0, 0.05) is 5.03 Å². The van der Waals surface area contributed by atoms with Gasteiger partial charge in [0.05, 0.1) is 4.91 Å². The fourth-order valence-corrected chi connectivity index (χ4v) is 0.697. The lowest BCUT2D eigenvalue weighted by molar-refractivity contribution is 0.492. The van der Waals surface area contributed by atoms with Gasteiger partial charge in [-0.25, -0.2) is 0 Å². The van der Waals surface area contributed by atoms with Crippen LogP contribution in [0.2, 0.25) is 0 Å². The minimum absolute atomic E-state index is 0.364. The van der Waals surface area contributed by atoms with Crippen molar-refractivity contribution in [2.45, 2.75) is 6.92 Å². The molecule has 0 fully saturated rings. The number of rotatable bonds is 3. The summed E-state index contributed by atoms with van der Waals surface area (Å²) in [5.41, 5.74) is 0. The van der Waals surface area contributed by atoms with Crippen molar-refractivity contribution in [1.82, 2.24) is 0 Å². The standard InChI is InChI=1S/C7H9ClO3S/c1-6(8)4-3-5-7(2)12(9,10)11/h3-5H,2H2,1H3,(H,9,10,11)/b5-3-,6-4+. The summed E-state index contributed by atoms with van der Waals surface area (Å²) in [7, 11) is -4.15. The van der Waals surface area contributed by atoms with Gasteiger partial charge >= 0.3 is 0 Å². The molecule has 1 N–H and O–H groups in total. The average molecular weight is 209 g/mol. The first-order valence-electron chi connectivity index (χ1n) is 3.01. The first-order chi connectivity index (χ1) is 5.34. The highest BCUT2D eigenvalue weighted by Crippen LogP contribution is 2.04. The first kappa shape index (κ1) is 11.4. The van der Waals surface area contributed by atoms with E-state index in [1.807, 2.05) is 0 Å². The lowest BCUT2D eigenvalue weighted by Crippen LogP contribution is -1.96. The molecule has 0 heterocycles. The highest BCUT2D eigenvalue weighted by molar-refractivity contribution is 7.90. The Labute approximate surface area is 76.8 Å². The summed E-state index contributed by atoms with van der Waals surface area (Å²) in [5, 5.41) is 0.509. The molecule has 0 aliphatic carbocycles. The summed E-state index contributed by atoms with van der Waals surface area (Å²) in [6.07, 6.45) is 4.03.